The number of para-hydroxylation sites is 2. The molecule has 0 radical (unpaired) electrons. The fraction of sp³-hybridized carbons (Fsp3) is 0.438. The van der Waals surface area contributed by atoms with Crippen LogP contribution in [0.2, 0.25) is 0 Å². The highest BCUT2D eigenvalue weighted by Crippen LogP contribution is 2.18. The Morgan fingerprint density at radius 1 is 1.18 bits per heavy atom. The first-order chi connectivity index (χ1) is 10.8. The average molecular weight is 299 g/mol. The summed E-state index contributed by atoms with van der Waals surface area (Å²) in [5.74, 6) is 1.62. The summed E-state index contributed by atoms with van der Waals surface area (Å²) in [6.45, 7) is 5.65. The molecule has 3 rings (SSSR count). The summed E-state index contributed by atoms with van der Waals surface area (Å²) in [5.41, 5.74) is 2.10. The molecule has 0 bridgehead atoms. The van der Waals surface area contributed by atoms with Crippen molar-refractivity contribution >= 4 is 17.0 Å². The number of hydrogen-bond acceptors (Lipinski definition) is 5. The van der Waals surface area contributed by atoms with E-state index in [1.165, 1.54) is 0 Å². The Labute approximate surface area is 129 Å². The molecule has 2 aromatic heterocycles. The lowest BCUT2D eigenvalue weighted by Crippen LogP contribution is -2.04. The zero-order chi connectivity index (χ0) is 15.4. The second-order valence-electron chi connectivity index (χ2n) is 5.24. The summed E-state index contributed by atoms with van der Waals surface area (Å²) < 4.78 is 7.81. The Morgan fingerprint density at radius 3 is 2.86 bits per heavy atom. The monoisotopic (exact) mass is 299 g/mol. The van der Waals surface area contributed by atoms with Gasteiger partial charge in [0.15, 0.2) is 0 Å². The van der Waals surface area contributed by atoms with Gasteiger partial charge in [-0.25, -0.2) is 4.98 Å². The number of anilines is 1. The zero-order valence-corrected chi connectivity index (χ0v) is 13.0. The van der Waals surface area contributed by atoms with E-state index in [0.29, 0.717) is 18.5 Å². The van der Waals surface area contributed by atoms with E-state index >= 15 is 0 Å². The third kappa shape index (κ3) is 2.95. The highest BCUT2D eigenvalue weighted by molar-refractivity contribution is 5.75. The Morgan fingerprint density at radius 2 is 2.05 bits per heavy atom. The van der Waals surface area contributed by atoms with E-state index in [-0.39, 0.29) is 0 Å². The highest BCUT2D eigenvalue weighted by atomic mass is 16.4. The lowest BCUT2D eigenvalue weighted by atomic mass is 10.3. The van der Waals surface area contributed by atoms with Crippen LogP contribution in [0.4, 0.5) is 6.01 Å². The van der Waals surface area contributed by atoms with E-state index in [1.807, 2.05) is 18.2 Å². The number of aromatic nitrogens is 4. The van der Waals surface area contributed by atoms with Crippen LogP contribution in [0.3, 0.4) is 0 Å². The summed E-state index contributed by atoms with van der Waals surface area (Å²) in [5, 5.41) is 11.3. The summed E-state index contributed by atoms with van der Waals surface area (Å²) in [6.07, 6.45) is 3.09. The van der Waals surface area contributed by atoms with Crippen molar-refractivity contribution in [2.24, 2.45) is 0 Å². The first kappa shape index (κ1) is 14.6. The molecule has 0 fully saturated rings. The molecule has 0 atom stereocenters. The zero-order valence-electron chi connectivity index (χ0n) is 13.0. The molecule has 116 valence electrons. The standard InChI is InChI=1S/C16H21N5O/c1-3-5-10-17-16-20-19-15(22-16)11-21-13-9-7-6-8-12(13)18-14(21)4-2/h6-9H,3-5,10-11H2,1-2H3,(H,17,20). The minimum atomic E-state index is 0.492. The number of unbranched alkanes of at least 4 members (excludes halogenated alkanes) is 1. The predicted molar refractivity (Wildman–Crippen MR) is 85.9 cm³/mol. The molecule has 2 heterocycles. The molecule has 1 N–H and O–H groups in total. The molecule has 6 heteroatoms. The topological polar surface area (TPSA) is 68.8 Å². The van der Waals surface area contributed by atoms with Crippen molar-refractivity contribution in [1.82, 2.24) is 19.7 Å². The molecule has 0 aliphatic rings. The maximum atomic E-state index is 5.67. The summed E-state index contributed by atoms with van der Waals surface area (Å²) in [6, 6.07) is 8.60. The van der Waals surface area contributed by atoms with Gasteiger partial charge in [-0.05, 0) is 18.6 Å². The van der Waals surface area contributed by atoms with Crippen molar-refractivity contribution in [3.63, 3.8) is 0 Å². The molecule has 22 heavy (non-hydrogen) atoms. The number of nitrogens with one attached hydrogen (secondary N) is 1. The van der Waals surface area contributed by atoms with Crippen LogP contribution in [0.15, 0.2) is 28.7 Å². The van der Waals surface area contributed by atoms with Gasteiger partial charge >= 0.3 is 6.01 Å². The molecule has 0 saturated heterocycles. The Hall–Kier alpha value is -2.37. The first-order valence-corrected chi connectivity index (χ1v) is 7.82. The van der Waals surface area contributed by atoms with Gasteiger partial charge in [0.05, 0.1) is 11.0 Å². The molecule has 6 nitrogen and oxygen atoms in total. The van der Waals surface area contributed by atoms with E-state index in [9.17, 15) is 0 Å². The van der Waals surface area contributed by atoms with E-state index in [0.717, 1.165) is 42.7 Å². The van der Waals surface area contributed by atoms with Gasteiger partial charge in [0.25, 0.3) is 0 Å². The van der Waals surface area contributed by atoms with Crippen LogP contribution in [0.25, 0.3) is 11.0 Å². The van der Waals surface area contributed by atoms with E-state index in [4.69, 9.17) is 4.42 Å². The summed E-state index contributed by atoms with van der Waals surface area (Å²) in [7, 11) is 0. The third-order valence-electron chi connectivity index (χ3n) is 3.62. The Balaban J connectivity index is 1.81. The fourth-order valence-corrected chi connectivity index (χ4v) is 2.47. The molecule has 0 amide bonds. The summed E-state index contributed by atoms with van der Waals surface area (Å²) >= 11 is 0. The number of imidazole rings is 1. The number of aryl methyl sites for hydroxylation is 1. The Kier molecular flexibility index (Phi) is 4.37. The quantitative estimate of drug-likeness (QED) is 0.678. The lowest BCUT2D eigenvalue weighted by Gasteiger charge is -2.04. The molecule has 1 aromatic carbocycles. The van der Waals surface area contributed by atoms with Crippen molar-refractivity contribution in [1.29, 1.82) is 0 Å². The molecule has 3 aromatic rings. The average Bonchev–Trinajstić information content (AvgIpc) is 3.13. The molecule has 0 unspecified atom stereocenters. The van der Waals surface area contributed by atoms with Crippen molar-refractivity contribution in [3.8, 4) is 0 Å². The van der Waals surface area contributed by atoms with Crippen LogP contribution >= 0.6 is 0 Å². The SMILES string of the molecule is CCCCNc1nnc(Cn2c(CC)nc3ccccc32)o1. The summed E-state index contributed by atoms with van der Waals surface area (Å²) in [4.78, 5) is 4.65. The van der Waals surface area contributed by atoms with Crippen molar-refractivity contribution in [3.05, 3.63) is 36.0 Å². The minimum Gasteiger partial charge on any atom is -0.406 e. The van der Waals surface area contributed by atoms with Gasteiger partial charge in [0.2, 0.25) is 5.89 Å². The first-order valence-electron chi connectivity index (χ1n) is 7.82. The van der Waals surface area contributed by atoms with E-state index < -0.39 is 0 Å². The van der Waals surface area contributed by atoms with Crippen LogP contribution in [-0.2, 0) is 13.0 Å². The molecular weight excluding hydrogens is 278 g/mol. The van der Waals surface area contributed by atoms with Gasteiger partial charge in [-0.1, -0.05) is 37.5 Å². The highest BCUT2D eigenvalue weighted by Gasteiger charge is 2.12. The number of benzene rings is 1. The lowest BCUT2D eigenvalue weighted by molar-refractivity contribution is 0.486. The largest absolute Gasteiger partial charge is 0.406 e. The van der Waals surface area contributed by atoms with Gasteiger partial charge in [-0.15, -0.1) is 5.10 Å². The van der Waals surface area contributed by atoms with E-state index in [1.54, 1.807) is 0 Å². The predicted octanol–water partition coefficient (Wildman–Crippen LogP) is 3.24. The van der Waals surface area contributed by atoms with Crippen LogP contribution in [-0.4, -0.2) is 26.3 Å². The van der Waals surface area contributed by atoms with Gasteiger partial charge in [0, 0.05) is 13.0 Å². The van der Waals surface area contributed by atoms with Crippen molar-refractivity contribution < 1.29 is 4.42 Å². The molecule has 0 aliphatic heterocycles. The van der Waals surface area contributed by atoms with E-state index in [2.05, 4.69) is 45.0 Å². The van der Waals surface area contributed by atoms with Gasteiger partial charge < -0.3 is 14.3 Å². The van der Waals surface area contributed by atoms with Crippen LogP contribution in [0.5, 0.6) is 0 Å². The molecule has 0 aliphatic carbocycles. The fourth-order valence-electron chi connectivity index (χ4n) is 2.47. The number of hydrogen-bond donors (Lipinski definition) is 1. The number of fused-ring (bicyclic) bond motifs is 1. The second-order valence-corrected chi connectivity index (χ2v) is 5.24. The van der Waals surface area contributed by atoms with Crippen molar-refractivity contribution in [2.75, 3.05) is 11.9 Å². The normalized spacial score (nSPS) is 11.2. The van der Waals surface area contributed by atoms with Crippen LogP contribution in [0.1, 0.15) is 38.4 Å². The smallest absolute Gasteiger partial charge is 0.315 e. The minimum absolute atomic E-state index is 0.492. The number of rotatable bonds is 7. The van der Waals surface area contributed by atoms with Gasteiger partial charge in [-0.3, -0.25) is 0 Å². The number of nitrogens with zero attached hydrogens (tertiary/aromatic N) is 4. The van der Waals surface area contributed by atoms with Gasteiger partial charge in [0.1, 0.15) is 12.4 Å². The second kappa shape index (κ2) is 6.60. The van der Waals surface area contributed by atoms with Crippen LogP contribution < -0.4 is 5.32 Å². The van der Waals surface area contributed by atoms with Crippen molar-refractivity contribution in [2.45, 2.75) is 39.7 Å². The van der Waals surface area contributed by atoms with Crippen LogP contribution in [0, 0.1) is 0 Å². The maximum Gasteiger partial charge on any atom is 0.315 e. The van der Waals surface area contributed by atoms with Gasteiger partial charge in [-0.2, -0.15) is 0 Å². The molecule has 0 saturated carbocycles. The Bertz CT molecular complexity index is 746. The molecule has 0 spiro atoms. The third-order valence-corrected chi connectivity index (χ3v) is 3.62. The molecular formula is C16H21N5O. The maximum absolute atomic E-state index is 5.67.